The van der Waals surface area contributed by atoms with Gasteiger partial charge >= 0.3 is 0 Å². The molecule has 0 aliphatic carbocycles. The first-order valence-electron chi connectivity index (χ1n) is 8.56. The average Bonchev–Trinajstić information content (AvgIpc) is 2.83. The molecule has 0 spiro atoms. The maximum Gasteiger partial charge on any atom is 0.0431 e. The van der Waals surface area contributed by atoms with E-state index < -0.39 is 0 Å². The maximum atomic E-state index is 9.03. The molecule has 20 heavy (non-hydrogen) atoms. The van der Waals surface area contributed by atoms with Gasteiger partial charge in [0.1, 0.15) is 0 Å². The Morgan fingerprint density at radius 1 is 1.40 bits per heavy atom. The summed E-state index contributed by atoms with van der Waals surface area (Å²) in [5.74, 6) is 0.722. The molecule has 0 saturated carbocycles. The first-order chi connectivity index (χ1) is 9.50. The molecule has 0 aromatic heterocycles. The molecule has 1 fully saturated rings. The molecule has 0 radical (unpaired) electrons. The predicted molar refractivity (Wildman–Crippen MR) is 87.0 cm³/mol. The van der Waals surface area contributed by atoms with Gasteiger partial charge in [-0.1, -0.05) is 27.7 Å². The first-order valence-corrected chi connectivity index (χ1v) is 8.56. The molecule has 0 aromatic carbocycles. The normalized spacial score (nSPS) is 23.4. The van der Waals surface area contributed by atoms with Crippen molar-refractivity contribution in [3.63, 3.8) is 0 Å². The fraction of sp³-hybridized carbons (Fsp3) is 1.00. The van der Waals surface area contributed by atoms with E-state index in [2.05, 4.69) is 37.9 Å². The summed E-state index contributed by atoms with van der Waals surface area (Å²) in [7, 11) is 0. The van der Waals surface area contributed by atoms with Gasteiger partial charge in [-0.25, -0.2) is 0 Å². The molecule has 3 heteroatoms. The standard InChI is InChI=1S/C17H36N2O/c1-5-17(4,13-18-12-15(2)3)14-19-10-6-8-16(19)9-7-11-20/h15-16,18,20H,5-14H2,1-4H3. The number of rotatable bonds is 10. The Morgan fingerprint density at radius 3 is 2.75 bits per heavy atom. The summed E-state index contributed by atoms with van der Waals surface area (Å²) in [5, 5.41) is 12.7. The van der Waals surface area contributed by atoms with Gasteiger partial charge in [-0.3, -0.25) is 4.90 Å². The second-order valence-electron chi connectivity index (χ2n) is 7.32. The lowest BCUT2D eigenvalue weighted by atomic mass is 9.86. The van der Waals surface area contributed by atoms with Gasteiger partial charge in [0, 0.05) is 25.7 Å². The molecule has 3 nitrogen and oxygen atoms in total. The van der Waals surface area contributed by atoms with Crippen molar-refractivity contribution >= 4 is 0 Å². The summed E-state index contributed by atoms with van der Waals surface area (Å²) >= 11 is 0. The minimum absolute atomic E-state index is 0.339. The Kier molecular flexibility index (Phi) is 8.08. The third-order valence-electron chi connectivity index (χ3n) is 4.74. The van der Waals surface area contributed by atoms with Gasteiger partial charge in [0.25, 0.3) is 0 Å². The molecular weight excluding hydrogens is 248 g/mol. The van der Waals surface area contributed by atoms with Crippen molar-refractivity contribution in [2.24, 2.45) is 11.3 Å². The molecule has 2 atom stereocenters. The molecule has 2 unspecified atom stereocenters. The Balaban J connectivity index is 2.44. The van der Waals surface area contributed by atoms with E-state index in [0.29, 0.717) is 18.1 Å². The minimum atomic E-state index is 0.339. The highest BCUT2D eigenvalue weighted by atomic mass is 16.2. The monoisotopic (exact) mass is 284 g/mol. The zero-order chi connectivity index (χ0) is 15.0. The van der Waals surface area contributed by atoms with Crippen molar-refractivity contribution in [1.29, 1.82) is 0 Å². The van der Waals surface area contributed by atoms with Crippen LogP contribution in [0, 0.1) is 11.3 Å². The van der Waals surface area contributed by atoms with Crippen LogP contribution in [-0.4, -0.2) is 48.8 Å². The average molecular weight is 284 g/mol. The summed E-state index contributed by atoms with van der Waals surface area (Å²) in [4.78, 5) is 2.68. The van der Waals surface area contributed by atoms with Crippen LogP contribution in [0.4, 0.5) is 0 Å². The van der Waals surface area contributed by atoms with Gasteiger partial charge in [0.05, 0.1) is 0 Å². The van der Waals surface area contributed by atoms with Crippen molar-refractivity contribution in [3.8, 4) is 0 Å². The molecule has 1 heterocycles. The van der Waals surface area contributed by atoms with E-state index in [1.54, 1.807) is 0 Å². The highest BCUT2D eigenvalue weighted by Crippen LogP contribution is 2.28. The Bertz CT molecular complexity index is 257. The van der Waals surface area contributed by atoms with Crippen molar-refractivity contribution in [2.75, 3.05) is 32.8 Å². The highest BCUT2D eigenvalue weighted by molar-refractivity contribution is 4.86. The zero-order valence-corrected chi connectivity index (χ0v) is 14.1. The summed E-state index contributed by atoms with van der Waals surface area (Å²) < 4.78 is 0. The van der Waals surface area contributed by atoms with E-state index in [1.807, 2.05) is 0 Å². The van der Waals surface area contributed by atoms with Gasteiger partial charge in [-0.15, -0.1) is 0 Å². The fourth-order valence-electron chi connectivity index (χ4n) is 3.20. The molecular formula is C17H36N2O. The third kappa shape index (κ3) is 6.11. The Labute approximate surface area is 126 Å². The van der Waals surface area contributed by atoms with Crippen LogP contribution in [0.25, 0.3) is 0 Å². The Morgan fingerprint density at radius 2 is 2.15 bits per heavy atom. The molecule has 120 valence electrons. The van der Waals surface area contributed by atoms with Crippen LogP contribution in [-0.2, 0) is 0 Å². The molecule has 0 bridgehead atoms. The van der Waals surface area contributed by atoms with E-state index in [4.69, 9.17) is 5.11 Å². The molecule has 1 rings (SSSR count). The highest BCUT2D eigenvalue weighted by Gasteiger charge is 2.31. The van der Waals surface area contributed by atoms with E-state index in [0.717, 1.165) is 31.8 Å². The van der Waals surface area contributed by atoms with Crippen molar-refractivity contribution in [3.05, 3.63) is 0 Å². The van der Waals surface area contributed by atoms with Crippen molar-refractivity contribution < 1.29 is 5.11 Å². The molecule has 1 saturated heterocycles. The lowest BCUT2D eigenvalue weighted by molar-refractivity contribution is 0.134. The second kappa shape index (κ2) is 9.01. The van der Waals surface area contributed by atoms with Crippen LogP contribution in [0.1, 0.15) is 59.8 Å². The third-order valence-corrected chi connectivity index (χ3v) is 4.74. The predicted octanol–water partition coefficient (Wildman–Crippen LogP) is 2.89. The molecule has 1 aliphatic rings. The van der Waals surface area contributed by atoms with Crippen LogP contribution in [0.3, 0.4) is 0 Å². The Hall–Kier alpha value is -0.120. The summed E-state index contributed by atoms with van der Waals surface area (Å²) in [6.07, 6.45) is 5.99. The number of likely N-dealkylation sites (tertiary alicyclic amines) is 1. The largest absolute Gasteiger partial charge is 0.396 e. The van der Waals surface area contributed by atoms with E-state index in [9.17, 15) is 0 Å². The summed E-state index contributed by atoms with van der Waals surface area (Å²) in [5.41, 5.74) is 0.372. The van der Waals surface area contributed by atoms with Crippen LogP contribution < -0.4 is 5.32 Å². The van der Waals surface area contributed by atoms with E-state index in [1.165, 1.54) is 32.4 Å². The molecule has 1 aliphatic heterocycles. The van der Waals surface area contributed by atoms with E-state index in [-0.39, 0.29) is 0 Å². The number of hydrogen-bond acceptors (Lipinski definition) is 3. The SMILES string of the molecule is CCC(C)(CNCC(C)C)CN1CCCC1CCCO. The number of nitrogens with one attached hydrogen (secondary N) is 1. The second-order valence-corrected chi connectivity index (χ2v) is 7.32. The van der Waals surface area contributed by atoms with Crippen LogP contribution in [0.15, 0.2) is 0 Å². The minimum Gasteiger partial charge on any atom is -0.396 e. The maximum absolute atomic E-state index is 9.03. The van der Waals surface area contributed by atoms with Crippen molar-refractivity contribution in [1.82, 2.24) is 10.2 Å². The molecule has 0 amide bonds. The summed E-state index contributed by atoms with van der Waals surface area (Å²) in [6.45, 7) is 14.3. The van der Waals surface area contributed by atoms with Crippen LogP contribution in [0.5, 0.6) is 0 Å². The van der Waals surface area contributed by atoms with Crippen molar-refractivity contribution in [2.45, 2.75) is 65.8 Å². The lowest BCUT2D eigenvalue weighted by Gasteiger charge is -2.36. The summed E-state index contributed by atoms with van der Waals surface area (Å²) in [6, 6.07) is 0.707. The first kappa shape index (κ1) is 17.9. The molecule has 0 aromatic rings. The van der Waals surface area contributed by atoms with Crippen LogP contribution in [0.2, 0.25) is 0 Å². The van der Waals surface area contributed by atoms with Gasteiger partial charge in [0.15, 0.2) is 0 Å². The quantitative estimate of drug-likeness (QED) is 0.647. The topological polar surface area (TPSA) is 35.5 Å². The van der Waals surface area contributed by atoms with Gasteiger partial charge in [-0.05, 0) is 56.5 Å². The zero-order valence-electron chi connectivity index (χ0n) is 14.1. The van der Waals surface area contributed by atoms with Crippen LogP contribution >= 0.6 is 0 Å². The van der Waals surface area contributed by atoms with Gasteiger partial charge < -0.3 is 10.4 Å². The number of nitrogens with zero attached hydrogens (tertiary/aromatic N) is 1. The lowest BCUT2D eigenvalue weighted by Crippen LogP contribution is -2.44. The number of aliphatic hydroxyl groups excluding tert-OH is 1. The smallest absolute Gasteiger partial charge is 0.0431 e. The molecule has 2 N–H and O–H groups in total. The van der Waals surface area contributed by atoms with Gasteiger partial charge in [0.2, 0.25) is 0 Å². The number of aliphatic hydroxyl groups is 1. The fourth-order valence-corrected chi connectivity index (χ4v) is 3.20. The van der Waals surface area contributed by atoms with E-state index >= 15 is 0 Å². The number of hydrogen-bond donors (Lipinski definition) is 2. The van der Waals surface area contributed by atoms with Gasteiger partial charge in [-0.2, -0.15) is 0 Å².